The van der Waals surface area contributed by atoms with Crippen LogP contribution in [0.25, 0.3) is 22.3 Å². The van der Waals surface area contributed by atoms with Gasteiger partial charge in [0.2, 0.25) is 0 Å². The lowest BCUT2D eigenvalue weighted by atomic mass is 10.0. The molecule has 5 heteroatoms. The van der Waals surface area contributed by atoms with E-state index < -0.39 is 0 Å². The maximum atomic E-state index is 10.1. The molecular formula is C24H20O5. The summed E-state index contributed by atoms with van der Waals surface area (Å²) in [6.45, 7) is 0.329. The molecule has 0 radical (unpaired) electrons. The minimum Gasteiger partial charge on any atom is -0.501 e. The lowest BCUT2D eigenvalue weighted by Crippen LogP contribution is -1.85. The summed E-state index contributed by atoms with van der Waals surface area (Å²) in [4.78, 5) is 10.1. The van der Waals surface area contributed by atoms with E-state index in [0.29, 0.717) is 12.2 Å². The standard InChI is InChI=1S/C24H20O5/c1-26-14-16-28-23-10-6-21(7-11-23)19-2-4-20(5-3-19)22-8-12-24(13-9-22)29-17-15-27-18-25/h2-18H,1H3/b16-14-,17-15-. The predicted molar refractivity (Wildman–Crippen MR) is 111 cm³/mol. The first-order valence-electron chi connectivity index (χ1n) is 8.86. The fraction of sp³-hybridized carbons (Fsp3) is 0.0417. The molecule has 5 nitrogen and oxygen atoms in total. The normalized spacial score (nSPS) is 10.8. The Morgan fingerprint density at radius 2 is 0.931 bits per heavy atom. The Balaban J connectivity index is 1.65. The molecule has 0 amide bonds. The Morgan fingerprint density at radius 3 is 1.31 bits per heavy atom. The van der Waals surface area contributed by atoms with E-state index in [9.17, 15) is 4.79 Å². The van der Waals surface area contributed by atoms with Crippen molar-refractivity contribution in [2.75, 3.05) is 7.11 Å². The van der Waals surface area contributed by atoms with Crippen LogP contribution in [0.3, 0.4) is 0 Å². The van der Waals surface area contributed by atoms with Crippen molar-refractivity contribution in [3.63, 3.8) is 0 Å². The quantitative estimate of drug-likeness (QED) is 0.356. The highest BCUT2D eigenvalue weighted by atomic mass is 16.5. The van der Waals surface area contributed by atoms with Crippen LogP contribution in [0.4, 0.5) is 0 Å². The minimum atomic E-state index is 0.329. The smallest absolute Gasteiger partial charge is 0.298 e. The number of rotatable bonds is 9. The molecule has 3 rings (SSSR count). The van der Waals surface area contributed by atoms with Gasteiger partial charge >= 0.3 is 0 Å². The molecule has 3 aromatic carbocycles. The van der Waals surface area contributed by atoms with Crippen molar-refractivity contribution in [1.82, 2.24) is 0 Å². The highest BCUT2D eigenvalue weighted by molar-refractivity contribution is 5.71. The van der Waals surface area contributed by atoms with E-state index in [1.807, 2.05) is 48.5 Å². The van der Waals surface area contributed by atoms with Crippen molar-refractivity contribution in [3.05, 3.63) is 97.8 Å². The number of hydrogen-bond donors (Lipinski definition) is 0. The molecule has 0 spiro atoms. The van der Waals surface area contributed by atoms with E-state index in [1.54, 1.807) is 7.11 Å². The van der Waals surface area contributed by atoms with Crippen LogP contribution < -0.4 is 9.47 Å². The second-order valence-corrected chi connectivity index (χ2v) is 5.87. The number of methoxy groups -OCH3 is 1. The summed E-state index contributed by atoms with van der Waals surface area (Å²) in [5.74, 6) is 1.40. The van der Waals surface area contributed by atoms with Crippen LogP contribution in [-0.4, -0.2) is 13.6 Å². The summed E-state index contributed by atoms with van der Waals surface area (Å²) in [5.41, 5.74) is 4.40. The zero-order valence-electron chi connectivity index (χ0n) is 15.9. The summed E-state index contributed by atoms with van der Waals surface area (Å²) in [6.07, 6.45) is 5.45. The van der Waals surface area contributed by atoms with Gasteiger partial charge in [-0.3, -0.25) is 4.79 Å². The Morgan fingerprint density at radius 1 is 0.552 bits per heavy atom. The van der Waals surface area contributed by atoms with Crippen molar-refractivity contribution < 1.29 is 23.7 Å². The first-order valence-corrected chi connectivity index (χ1v) is 8.86. The van der Waals surface area contributed by atoms with Gasteiger partial charge in [-0.15, -0.1) is 0 Å². The van der Waals surface area contributed by atoms with Gasteiger partial charge < -0.3 is 18.9 Å². The van der Waals surface area contributed by atoms with Crippen molar-refractivity contribution in [3.8, 4) is 33.8 Å². The van der Waals surface area contributed by atoms with Gasteiger partial charge in [0.1, 0.15) is 36.5 Å². The number of ether oxygens (including phenoxy) is 4. The highest BCUT2D eigenvalue weighted by Gasteiger charge is 2.02. The molecule has 0 heterocycles. The molecule has 0 unspecified atom stereocenters. The Kier molecular flexibility index (Phi) is 7.07. The van der Waals surface area contributed by atoms with Gasteiger partial charge in [-0.05, 0) is 46.5 Å². The molecule has 0 aromatic heterocycles. The number of carbonyl (C=O) groups excluding carboxylic acids is 1. The number of hydrogen-bond acceptors (Lipinski definition) is 5. The fourth-order valence-electron chi connectivity index (χ4n) is 2.64. The average molecular weight is 388 g/mol. The monoisotopic (exact) mass is 388 g/mol. The van der Waals surface area contributed by atoms with Crippen LogP contribution in [-0.2, 0) is 14.3 Å². The van der Waals surface area contributed by atoms with E-state index in [0.717, 1.165) is 28.0 Å². The van der Waals surface area contributed by atoms with Gasteiger partial charge in [0, 0.05) is 0 Å². The third-order valence-corrected chi connectivity index (χ3v) is 4.05. The SMILES string of the molecule is CO/C=C\Oc1ccc(-c2ccc(-c3ccc(O/C=C\OC=O)cc3)cc2)cc1. The van der Waals surface area contributed by atoms with E-state index >= 15 is 0 Å². The summed E-state index contributed by atoms with van der Waals surface area (Å²) in [5, 5.41) is 0. The van der Waals surface area contributed by atoms with E-state index in [-0.39, 0.29) is 0 Å². The van der Waals surface area contributed by atoms with Crippen molar-refractivity contribution in [2.24, 2.45) is 0 Å². The number of benzene rings is 3. The topological polar surface area (TPSA) is 54.0 Å². The van der Waals surface area contributed by atoms with Crippen LogP contribution >= 0.6 is 0 Å². The lowest BCUT2D eigenvalue weighted by Gasteiger charge is -2.07. The Hall–Kier alpha value is -3.99. The van der Waals surface area contributed by atoms with E-state index in [2.05, 4.69) is 29.0 Å². The third kappa shape index (κ3) is 5.74. The second-order valence-electron chi connectivity index (χ2n) is 5.87. The van der Waals surface area contributed by atoms with Crippen molar-refractivity contribution >= 4 is 6.47 Å². The van der Waals surface area contributed by atoms with Crippen molar-refractivity contribution in [1.29, 1.82) is 0 Å². The zero-order valence-corrected chi connectivity index (χ0v) is 15.9. The molecule has 0 aliphatic heterocycles. The summed E-state index contributed by atoms with van der Waals surface area (Å²) in [7, 11) is 1.57. The van der Waals surface area contributed by atoms with Gasteiger partial charge in [-0.2, -0.15) is 0 Å². The first kappa shape index (κ1) is 19.8. The highest BCUT2D eigenvalue weighted by Crippen LogP contribution is 2.27. The minimum absolute atomic E-state index is 0.329. The Labute approximate surface area is 169 Å². The van der Waals surface area contributed by atoms with Gasteiger partial charge in [0.15, 0.2) is 0 Å². The van der Waals surface area contributed by atoms with Crippen LogP contribution in [0.15, 0.2) is 97.8 Å². The third-order valence-electron chi connectivity index (χ3n) is 4.05. The maximum absolute atomic E-state index is 10.1. The predicted octanol–water partition coefficient (Wildman–Crippen LogP) is 5.54. The van der Waals surface area contributed by atoms with Crippen LogP contribution in [0, 0.1) is 0 Å². The van der Waals surface area contributed by atoms with Crippen molar-refractivity contribution in [2.45, 2.75) is 0 Å². The van der Waals surface area contributed by atoms with Crippen LogP contribution in [0.5, 0.6) is 11.5 Å². The van der Waals surface area contributed by atoms with Crippen LogP contribution in [0.1, 0.15) is 0 Å². The molecule has 0 aliphatic carbocycles. The molecule has 0 saturated heterocycles. The fourth-order valence-corrected chi connectivity index (χ4v) is 2.64. The second kappa shape index (κ2) is 10.4. The van der Waals surface area contributed by atoms with Gasteiger partial charge in [0.05, 0.1) is 7.11 Å². The van der Waals surface area contributed by atoms with Crippen LogP contribution in [0.2, 0.25) is 0 Å². The van der Waals surface area contributed by atoms with E-state index in [1.165, 1.54) is 25.0 Å². The Bertz CT molecular complexity index is 956. The largest absolute Gasteiger partial charge is 0.501 e. The molecule has 0 saturated carbocycles. The maximum Gasteiger partial charge on any atom is 0.298 e. The number of carbonyl (C=O) groups is 1. The van der Waals surface area contributed by atoms with Gasteiger partial charge in [-0.1, -0.05) is 48.5 Å². The van der Waals surface area contributed by atoms with Gasteiger partial charge in [-0.25, -0.2) is 0 Å². The molecular weight excluding hydrogens is 368 g/mol. The molecule has 0 N–H and O–H groups in total. The summed E-state index contributed by atoms with van der Waals surface area (Å²) in [6, 6.07) is 23.8. The molecule has 0 aliphatic rings. The average Bonchev–Trinajstić information content (AvgIpc) is 2.78. The summed E-state index contributed by atoms with van der Waals surface area (Å²) >= 11 is 0. The molecule has 29 heavy (non-hydrogen) atoms. The summed E-state index contributed by atoms with van der Waals surface area (Å²) < 4.78 is 20.0. The van der Waals surface area contributed by atoms with Gasteiger partial charge in [0.25, 0.3) is 6.47 Å². The zero-order chi connectivity index (χ0) is 20.3. The molecule has 0 bridgehead atoms. The van der Waals surface area contributed by atoms with E-state index in [4.69, 9.17) is 14.2 Å². The molecule has 0 fully saturated rings. The lowest BCUT2D eigenvalue weighted by molar-refractivity contribution is -0.123. The molecule has 3 aromatic rings. The molecule has 0 atom stereocenters. The molecule has 146 valence electrons. The first-order chi connectivity index (χ1) is 14.3.